The van der Waals surface area contributed by atoms with Crippen LogP contribution < -0.4 is 0 Å². The number of hydrogen-bond acceptors (Lipinski definition) is 3. The molecule has 20 heavy (non-hydrogen) atoms. The Morgan fingerprint density at radius 1 is 1.15 bits per heavy atom. The van der Waals surface area contributed by atoms with E-state index in [2.05, 4.69) is 25.7 Å². The molecule has 4 unspecified atom stereocenters. The van der Waals surface area contributed by atoms with Crippen molar-refractivity contribution in [3.05, 3.63) is 0 Å². The van der Waals surface area contributed by atoms with Crippen molar-refractivity contribution in [3.63, 3.8) is 0 Å². The zero-order valence-corrected chi connectivity index (χ0v) is 13.2. The van der Waals surface area contributed by atoms with E-state index in [1.165, 1.54) is 6.42 Å². The van der Waals surface area contributed by atoms with E-state index in [1.807, 2.05) is 4.90 Å². The molecule has 0 radical (unpaired) electrons. The smallest absolute Gasteiger partial charge is 0.236 e. The monoisotopic (exact) mass is 282 g/mol. The maximum Gasteiger partial charge on any atom is 0.236 e. The van der Waals surface area contributed by atoms with Crippen LogP contribution in [0.5, 0.6) is 0 Å². The van der Waals surface area contributed by atoms with E-state index in [0.717, 1.165) is 32.4 Å². The first-order valence-corrected chi connectivity index (χ1v) is 8.15. The summed E-state index contributed by atoms with van der Waals surface area (Å²) in [6, 6.07) is 0.576. The molecule has 2 aliphatic heterocycles. The molecule has 0 bridgehead atoms. The maximum absolute atomic E-state index is 12.6. The van der Waals surface area contributed by atoms with Crippen LogP contribution in [0.25, 0.3) is 0 Å². The number of piperidine rings is 2. The molecular weight excluding hydrogens is 252 g/mol. The van der Waals surface area contributed by atoms with Crippen molar-refractivity contribution in [2.45, 2.75) is 58.5 Å². The first-order valence-electron chi connectivity index (χ1n) is 8.15. The number of hydrogen-bond donors (Lipinski definition) is 1. The van der Waals surface area contributed by atoms with Crippen molar-refractivity contribution < 1.29 is 9.90 Å². The quantitative estimate of drug-likeness (QED) is 0.857. The molecule has 1 N–H and O–H groups in total. The third-order valence-electron chi connectivity index (χ3n) is 4.94. The summed E-state index contributed by atoms with van der Waals surface area (Å²) < 4.78 is 0. The summed E-state index contributed by atoms with van der Waals surface area (Å²) in [5.41, 5.74) is 0. The minimum Gasteiger partial charge on any atom is -0.395 e. The zero-order valence-electron chi connectivity index (χ0n) is 13.2. The first-order chi connectivity index (χ1) is 9.51. The maximum atomic E-state index is 12.6. The Balaban J connectivity index is 1.95. The number of rotatable bonds is 3. The third kappa shape index (κ3) is 3.73. The molecule has 2 saturated heterocycles. The van der Waals surface area contributed by atoms with Crippen molar-refractivity contribution in [2.24, 2.45) is 11.8 Å². The number of aliphatic hydroxyl groups is 1. The highest BCUT2D eigenvalue weighted by Gasteiger charge is 2.32. The average Bonchev–Trinajstić information content (AvgIpc) is 2.39. The van der Waals surface area contributed by atoms with Crippen LogP contribution in [0, 0.1) is 11.8 Å². The van der Waals surface area contributed by atoms with Gasteiger partial charge in [0.1, 0.15) is 0 Å². The van der Waals surface area contributed by atoms with Gasteiger partial charge >= 0.3 is 0 Å². The molecule has 1 amide bonds. The van der Waals surface area contributed by atoms with E-state index in [9.17, 15) is 9.90 Å². The van der Waals surface area contributed by atoms with E-state index >= 15 is 0 Å². The van der Waals surface area contributed by atoms with Crippen molar-refractivity contribution in [1.82, 2.24) is 9.80 Å². The molecule has 4 atom stereocenters. The lowest BCUT2D eigenvalue weighted by Gasteiger charge is -2.42. The Kier molecular flexibility index (Phi) is 5.44. The fraction of sp³-hybridized carbons (Fsp3) is 0.938. The van der Waals surface area contributed by atoms with E-state index in [0.29, 0.717) is 24.4 Å². The van der Waals surface area contributed by atoms with E-state index < -0.39 is 0 Å². The Morgan fingerprint density at radius 3 is 2.40 bits per heavy atom. The largest absolute Gasteiger partial charge is 0.395 e. The molecule has 4 heteroatoms. The normalized spacial score (nSPS) is 36.1. The molecule has 2 fully saturated rings. The van der Waals surface area contributed by atoms with Crippen molar-refractivity contribution in [3.8, 4) is 0 Å². The lowest BCUT2D eigenvalue weighted by atomic mass is 9.91. The molecule has 0 aromatic carbocycles. The highest BCUT2D eigenvalue weighted by molar-refractivity contribution is 5.78. The van der Waals surface area contributed by atoms with Crippen LogP contribution in [-0.4, -0.2) is 59.1 Å². The number of amides is 1. The average molecular weight is 282 g/mol. The summed E-state index contributed by atoms with van der Waals surface area (Å²) in [4.78, 5) is 16.8. The van der Waals surface area contributed by atoms with Crippen LogP contribution in [0.15, 0.2) is 0 Å². The number of likely N-dealkylation sites (tertiary alicyclic amines) is 2. The number of nitrogens with zero attached hydrogens (tertiary/aromatic N) is 2. The Morgan fingerprint density at radius 2 is 1.80 bits per heavy atom. The van der Waals surface area contributed by atoms with Gasteiger partial charge < -0.3 is 10.0 Å². The van der Waals surface area contributed by atoms with Crippen LogP contribution in [-0.2, 0) is 4.79 Å². The fourth-order valence-electron chi connectivity index (χ4n) is 3.94. The zero-order chi connectivity index (χ0) is 14.7. The van der Waals surface area contributed by atoms with Gasteiger partial charge in [0.15, 0.2) is 0 Å². The lowest BCUT2D eigenvalue weighted by molar-refractivity contribution is -0.137. The second kappa shape index (κ2) is 6.90. The van der Waals surface area contributed by atoms with Crippen LogP contribution in [0.1, 0.15) is 46.5 Å². The van der Waals surface area contributed by atoms with Crippen molar-refractivity contribution >= 4 is 5.91 Å². The molecule has 0 aromatic heterocycles. The summed E-state index contributed by atoms with van der Waals surface area (Å²) in [6.07, 6.45) is 4.54. The molecule has 2 aliphatic rings. The standard InChI is InChI=1S/C16H30N2O2/c1-12-7-13(2)9-17(8-12)16(20)10-18-14(3)5-4-6-15(18)11-19/h12-15,19H,4-11H2,1-3H3. The van der Waals surface area contributed by atoms with E-state index in [4.69, 9.17) is 0 Å². The third-order valence-corrected chi connectivity index (χ3v) is 4.94. The second-order valence-corrected chi connectivity index (χ2v) is 7.03. The van der Waals surface area contributed by atoms with Crippen LogP contribution in [0.3, 0.4) is 0 Å². The van der Waals surface area contributed by atoms with Gasteiger partial charge in [-0.2, -0.15) is 0 Å². The van der Waals surface area contributed by atoms with Gasteiger partial charge in [-0.1, -0.05) is 20.3 Å². The van der Waals surface area contributed by atoms with Crippen LogP contribution in [0.4, 0.5) is 0 Å². The number of carbonyl (C=O) groups is 1. The summed E-state index contributed by atoms with van der Waals surface area (Å²) in [6.45, 7) is 9.09. The molecule has 0 aliphatic carbocycles. The molecule has 2 rings (SSSR count). The topological polar surface area (TPSA) is 43.8 Å². The first kappa shape index (κ1) is 15.8. The van der Waals surface area contributed by atoms with Crippen LogP contribution >= 0.6 is 0 Å². The summed E-state index contributed by atoms with van der Waals surface area (Å²) in [5, 5.41) is 9.52. The van der Waals surface area contributed by atoms with Gasteiger partial charge in [-0.3, -0.25) is 9.69 Å². The molecular formula is C16H30N2O2. The summed E-state index contributed by atoms with van der Waals surface area (Å²) >= 11 is 0. The summed E-state index contributed by atoms with van der Waals surface area (Å²) in [5.74, 6) is 1.46. The summed E-state index contributed by atoms with van der Waals surface area (Å²) in [7, 11) is 0. The molecule has 0 aromatic rings. The Hall–Kier alpha value is -0.610. The predicted molar refractivity (Wildman–Crippen MR) is 80.4 cm³/mol. The lowest BCUT2D eigenvalue weighted by Crippen LogP contribution is -2.53. The van der Waals surface area contributed by atoms with Gasteiger partial charge in [0.2, 0.25) is 5.91 Å². The van der Waals surface area contributed by atoms with Gasteiger partial charge in [-0.05, 0) is 38.0 Å². The molecule has 0 saturated carbocycles. The van der Waals surface area contributed by atoms with Crippen LogP contribution in [0.2, 0.25) is 0 Å². The Bertz CT molecular complexity index is 324. The number of carbonyl (C=O) groups excluding carboxylic acids is 1. The fourth-order valence-corrected chi connectivity index (χ4v) is 3.94. The van der Waals surface area contributed by atoms with E-state index in [-0.39, 0.29) is 18.6 Å². The SMILES string of the molecule is CC1CC(C)CN(C(=O)CN2C(C)CCCC2CO)C1. The number of aliphatic hydroxyl groups excluding tert-OH is 1. The molecule has 4 nitrogen and oxygen atoms in total. The van der Waals surface area contributed by atoms with Gasteiger partial charge in [0.05, 0.1) is 13.2 Å². The highest BCUT2D eigenvalue weighted by atomic mass is 16.3. The van der Waals surface area contributed by atoms with Gasteiger partial charge in [0.25, 0.3) is 0 Å². The highest BCUT2D eigenvalue weighted by Crippen LogP contribution is 2.24. The van der Waals surface area contributed by atoms with Gasteiger partial charge in [-0.25, -0.2) is 0 Å². The van der Waals surface area contributed by atoms with E-state index in [1.54, 1.807) is 0 Å². The molecule has 116 valence electrons. The second-order valence-electron chi connectivity index (χ2n) is 7.03. The molecule has 2 heterocycles. The minimum atomic E-state index is 0.169. The van der Waals surface area contributed by atoms with Gasteiger partial charge in [0, 0.05) is 25.2 Å². The molecule has 0 spiro atoms. The predicted octanol–water partition coefficient (Wildman–Crippen LogP) is 1.73. The minimum absolute atomic E-state index is 0.169. The van der Waals surface area contributed by atoms with Gasteiger partial charge in [-0.15, -0.1) is 0 Å². The Labute approximate surface area is 123 Å². The van der Waals surface area contributed by atoms with Crippen molar-refractivity contribution in [2.75, 3.05) is 26.2 Å². The van der Waals surface area contributed by atoms with Crippen molar-refractivity contribution in [1.29, 1.82) is 0 Å².